The number of benzene rings is 1. The van der Waals surface area contributed by atoms with Crippen molar-refractivity contribution in [1.29, 1.82) is 0 Å². The minimum atomic E-state index is -4.55. The standard InChI is InChI=1S/C23H22ClF3N4O3/c1-22(24)10-7-14(8-11-22)9-12-31-17-18(29(2)21(33)30(3)19(17)32)28-20(31)34-16-6-4-5-15(13-16)23(25,26)27/h4-8,10,13H,9,11-12H2,1-3H3. The molecule has 0 saturated carbocycles. The van der Waals surface area contributed by atoms with Crippen molar-refractivity contribution in [2.75, 3.05) is 0 Å². The highest BCUT2D eigenvalue weighted by Gasteiger charge is 2.31. The number of allylic oxidation sites excluding steroid dienone is 4. The van der Waals surface area contributed by atoms with Gasteiger partial charge in [-0.25, -0.2) is 4.79 Å². The first-order valence-corrected chi connectivity index (χ1v) is 10.8. The Bertz CT molecular complexity index is 1440. The summed E-state index contributed by atoms with van der Waals surface area (Å²) in [5.41, 5.74) is -0.854. The van der Waals surface area contributed by atoms with Crippen LogP contribution in [0.25, 0.3) is 11.2 Å². The molecule has 4 rings (SSSR count). The Hall–Kier alpha value is -3.27. The van der Waals surface area contributed by atoms with Crippen LogP contribution >= 0.6 is 11.6 Å². The first-order chi connectivity index (χ1) is 15.9. The molecule has 0 radical (unpaired) electrons. The third kappa shape index (κ3) is 4.54. The van der Waals surface area contributed by atoms with E-state index in [0.717, 1.165) is 22.3 Å². The molecular formula is C23H22ClF3N4O3. The predicted molar refractivity (Wildman–Crippen MR) is 122 cm³/mol. The van der Waals surface area contributed by atoms with Crippen molar-refractivity contribution in [2.24, 2.45) is 14.1 Å². The second-order valence-corrected chi connectivity index (χ2v) is 9.26. The number of fused-ring (bicyclic) bond motifs is 1. The number of hydrogen-bond donors (Lipinski definition) is 0. The molecule has 0 fully saturated rings. The molecule has 1 aromatic carbocycles. The SMILES string of the molecule is Cn1c(=O)c2c(nc(Oc3cccc(C(F)(F)F)c3)n2CCC2=CCC(C)(Cl)C=C2)n(C)c1=O. The van der Waals surface area contributed by atoms with E-state index >= 15 is 0 Å². The zero-order chi connectivity index (χ0) is 24.8. The van der Waals surface area contributed by atoms with E-state index in [-0.39, 0.29) is 29.5 Å². The van der Waals surface area contributed by atoms with Crippen LogP contribution in [-0.4, -0.2) is 23.6 Å². The molecule has 0 amide bonds. The minimum absolute atomic E-state index is 0.0802. The predicted octanol–water partition coefficient (Wildman–Crippen LogP) is 4.52. The quantitative estimate of drug-likeness (QED) is 0.489. The fourth-order valence-electron chi connectivity index (χ4n) is 3.73. The fourth-order valence-corrected chi connectivity index (χ4v) is 3.87. The Kier molecular flexibility index (Phi) is 5.97. The van der Waals surface area contributed by atoms with E-state index in [4.69, 9.17) is 16.3 Å². The summed E-state index contributed by atoms with van der Waals surface area (Å²) >= 11 is 6.32. The van der Waals surface area contributed by atoms with Gasteiger partial charge in [0, 0.05) is 20.6 Å². The van der Waals surface area contributed by atoms with Crippen LogP contribution in [0, 0.1) is 0 Å². The Morgan fingerprint density at radius 2 is 1.94 bits per heavy atom. The number of alkyl halides is 4. The summed E-state index contributed by atoms with van der Waals surface area (Å²) in [6.45, 7) is 2.14. The van der Waals surface area contributed by atoms with E-state index in [0.29, 0.717) is 12.8 Å². The summed E-state index contributed by atoms with van der Waals surface area (Å²) in [5, 5.41) is 0. The van der Waals surface area contributed by atoms with Crippen LogP contribution in [0.3, 0.4) is 0 Å². The Morgan fingerprint density at radius 3 is 2.59 bits per heavy atom. The lowest BCUT2D eigenvalue weighted by Gasteiger charge is -2.20. The molecule has 0 bridgehead atoms. The van der Waals surface area contributed by atoms with Gasteiger partial charge in [-0.15, -0.1) is 11.6 Å². The van der Waals surface area contributed by atoms with Crippen molar-refractivity contribution in [1.82, 2.24) is 18.7 Å². The molecule has 0 spiro atoms. The Morgan fingerprint density at radius 1 is 1.21 bits per heavy atom. The van der Waals surface area contributed by atoms with Gasteiger partial charge in [-0.2, -0.15) is 18.2 Å². The molecule has 2 aromatic heterocycles. The van der Waals surface area contributed by atoms with Crippen LogP contribution in [0.1, 0.15) is 25.3 Å². The van der Waals surface area contributed by atoms with Crippen molar-refractivity contribution < 1.29 is 17.9 Å². The molecule has 1 atom stereocenters. The van der Waals surface area contributed by atoms with Crippen LogP contribution in [0.2, 0.25) is 0 Å². The molecule has 2 heterocycles. The minimum Gasteiger partial charge on any atom is -0.425 e. The van der Waals surface area contributed by atoms with Gasteiger partial charge in [0.1, 0.15) is 5.75 Å². The molecule has 0 aliphatic heterocycles. The first kappa shape index (κ1) is 23.9. The van der Waals surface area contributed by atoms with Crippen molar-refractivity contribution in [3.63, 3.8) is 0 Å². The van der Waals surface area contributed by atoms with Gasteiger partial charge in [-0.3, -0.25) is 18.5 Å². The number of aromatic nitrogens is 4. The van der Waals surface area contributed by atoms with Crippen LogP contribution in [0.15, 0.2) is 57.7 Å². The lowest BCUT2D eigenvalue weighted by molar-refractivity contribution is -0.137. The van der Waals surface area contributed by atoms with Gasteiger partial charge in [-0.1, -0.05) is 29.9 Å². The second-order valence-electron chi connectivity index (χ2n) is 8.40. The van der Waals surface area contributed by atoms with Crippen LogP contribution in [0.4, 0.5) is 13.2 Å². The van der Waals surface area contributed by atoms with Gasteiger partial charge < -0.3 is 4.74 Å². The maximum atomic E-state index is 13.1. The lowest BCUT2D eigenvalue weighted by Crippen LogP contribution is -2.37. The molecule has 11 heteroatoms. The highest BCUT2D eigenvalue weighted by atomic mass is 35.5. The molecule has 7 nitrogen and oxygen atoms in total. The van der Waals surface area contributed by atoms with Crippen molar-refractivity contribution >= 4 is 22.8 Å². The third-order valence-electron chi connectivity index (χ3n) is 5.72. The number of ether oxygens (including phenoxy) is 1. The maximum absolute atomic E-state index is 13.1. The summed E-state index contributed by atoms with van der Waals surface area (Å²) in [6, 6.07) is 4.29. The molecular weight excluding hydrogens is 473 g/mol. The molecule has 34 heavy (non-hydrogen) atoms. The number of aryl methyl sites for hydroxylation is 2. The molecule has 1 aliphatic carbocycles. The largest absolute Gasteiger partial charge is 0.425 e. The average Bonchev–Trinajstić information content (AvgIpc) is 3.13. The maximum Gasteiger partial charge on any atom is 0.416 e. The number of rotatable bonds is 5. The van der Waals surface area contributed by atoms with E-state index in [1.165, 1.54) is 35.4 Å². The number of nitrogens with zero attached hydrogens (tertiary/aromatic N) is 4. The van der Waals surface area contributed by atoms with Crippen LogP contribution in [0.5, 0.6) is 11.8 Å². The van der Waals surface area contributed by atoms with Gasteiger partial charge in [0.2, 0.25) is 0 Å². The van der Waals surface area contributed by atoms with Crippen molar-refractivity contribution in [2.45, 2.75) is 37.4 Å². The van der Waals surface area contributed by atoms with E-state index in [1.54, 1.807) is 0 Å². The summed E-state index contributed by atoms with van der Waals surface area (Å²) in [4.78, 5) is 29.2. The summed E-state index contributed by atoms with van der Waals surface area (Å²) in [5.74, 6) is -0.0945. The summed E-state index contributed by atoms with van der Waals surface area (Å²) in [6.07, 6.45) is 2.35. The first-order valence-electron chi connectivity index (χ1n) is 10.5. The third-order valence-corrected chi connectivity index (χ3v) is 6.00. The topological polar surface area (TPSA) is 71.1 Å². The smallest absolute Gasteiger partial charge is 0.416 e. The fraction of sp³-hybridized carbons (Fsp3) is 0.348. The normalized spacial score (nSPS) is 18.4. The van der Waals surface area contributed by atoms with Gasteiger partial charge in [0.05, 0.1) is 10.4 Å². The van der Waals surface area contributed by atoms with Crippen molar-refractivity contribution in [3.05, 3.63) is 74.5 Å². The number of hydrogen-bond acceptors (Lipinski definition) is 4. The van der Waals surface area contributed by atoms with Crippen LogP contribution in [-0.2, 0) is 26.8 Å². The molecule has 3 aromatic rings. The highest BCUT2D eigenvalue weighted by Crippen LogP contribution is 2.33. The Labute approximate surface area is 197 Å². The molecule has 0 N–H and O–H groups in total. The second kappa shape index (κ2) is 8.50. The van der Waals surface area contributed by atoms with Gasteiger partial charge in [0.25, 0.3) is 5.56 Å². The average molecular weight is 495 g/mol. The van der Waals surface area contributed by atoms with Crippen LogP contribution < -0.4 is 16.0 Å². The van der Waals surface area contributed by atoms with Gasteiger partial charge in [-0.05, 0) is 38.0 Å². The molecule has 1 unspecified atom stereocenters. The van der Waals surface area contributed by atoms with E-state index in [1.807, 2.05) is 25.2 Å². The van der Waals surface area contributed by atoms with E-state index < -0.39 is 27.9 Å². The van der Waals surface area contributed by atoms with E-state index in [9.17, 15) is 22.8 Å². The molecule has 1 aliphatic rings. The van der Waals surface area contributed by atoms with Crippen molar-refractivity contribution in [3.8, 4) is 11.8 Å². The molecule has 180 valence electrons. The van der Waals surface area contributed by atoms with E-state index in [2.05, 4.69) is 4.98 Å². The van der Waals surface area contributed by atoms with Gasteiger partial charge >= 0.3 is 17.9 Å². The highest BCUT2D eigenvalue weighted by molar-refractivity contribution is 6.25. The monoisotopic (exact) mass is 494 g/mol. The summed E-state index contributed by atoms with van der Waals surface area (Å²) < 4.78 is 48.8. The number of halogens is 4. The number of imidazole rings is 1. The summed E-state index contributed by atoms with van der Waals surface area (Å²) in [7, 11) is 2.81. The zero-order valence-electron chi connectivity index (χ0n) is 18.7. The lowest BCUT2D eigenvalue weighted by atomic mass is 9.96. The Balaban J connectivity index is 1.78. The van der Waals surface area contributed by atoms with Gasteiger partial charge in [0.15, 0.2) is 11.2 Å². The zero-order valence-corrected chi connectivity index (χ0v) is 19.4. The molecule has 0 saturated heterocycles.